The molecule has 2 amide bonds. The molecule has 1 saturated heterocycles. The minimum Gasteiger partial charge on any atom is -0.322 e. The van der Waals surface area contributed by atoms with Gasteiger partial charge in [0.25, 0.3) is 5.91 Å². The second-order valence-electron chi connectivity index (χ2n) is 7.45. The zero-order chi connectivity index (χ0) is 17.8. The van der Waals surface area contributed by atoms with Gasteiger partial charge in [0.15, 0.2) is 0 Å². The molecule has 25 heavy (non-hydrogen) atoms. The number of amides is 2. The van der Waals surface area contributed by atoms with Gasteiger partial charge in [0.05, 0.1) is 16.0 Å². The van der Waals surface area contributed by atoms with Gasteiger partial charge >= 0.3 is 0 Å². The van der Waals surface area contributed by atoms with Crippen molar-refractivity contribution in [1.82, 2.24) is 15.2 Å². The lowest BCUT2D eigenvalue weighted by molar-refractivity contribution is -0.135. The number of pyridine rings is 1. The van der Waals surface area contributed by atoms with Crippen LogP contribution in [0.2, 0.25) is 5.02 Å². The normalized spacial score (nSPS) is 24.5. The second-order valence-corrected chi connectivity index (χ2v) is 7.86. The molecule has 2 aliphatic carbocycles. The monoisotopic (exact) mass is 357 g/mol. The molecule has 4 rings (SSSR count). The van der Waals surface area contributed by atoms with Crippen LogP contribution in [-0.2, 0) is 4.79 Å². The van der Waals surface area contributed by atoms with E-state index in [0.29, 0.717) is 16.6 Å². The summed E-state index contributed by atoms with van der Waals surface area (Å²) in [5.74, 6) is 0.102. The van der Waals surface area contributed by atoms with Crippen LogP contribution in [0.25, 0.3) is 0 Å². The molecule has 1 atom stereocenters. The van der Waals surface area contributed by atoms with Crippen LogP contribution in [0.3, 0.4) is 0 Å². The lowest BCUT2D eigenvalue weighted by Gasteiger charge is -2.26. The molecule has 0 bridgehead atoms. The highest BCUT2D eigenvalue weighted by molar-refractivity contribution is 6.33. The van der Waals surface area contributed by atoms with Crippen LogP contribution in [-0.4, -0.2) is 27.7 Å². The summed E-state index contributed by atoms with van der Waals surface area (Å²) in [5, 5.41) is 3.22. The highest BCUT2D eigenvalue weighted by atomic mass is 35.5. The van der Waals surface area contributed by atoms with Crippen molar-refractivity contribution in [3.05, 3.63) is 52.6 Å². The number of carbonyl (C=O) groups excluding carboxylic acids is 2. The number of nitrogens with one attached hydrogen (secondary N) is 1. The summed E-state index contributed by atoms with van der Waals surface area (Å²) in [4.78, 5) is 31.1. The first kappa shape index (κ1) is 16.3. The number of allylic oxidation sites excluding steroid dienone is 3. The first-order valence-corrected chi connectivity index (χ1v) is 8.93. The van der Waals surface area contributed by atoms with Gasteiger partial charge in [-0.1, -0.05) is 31.5 Å². The summed E-state index contributed by atoms with van der Waals surface area (Å²) in [6, 6.07) is 1.92. The van der Waals surface area contributed by atoms with Gasteiger partial charge in [0.2, 0.25) is 5.91 Å². The number of hydrogen-bond acceptors (Lipinski definition) is 3. The smallest absolute Gasteiger partial charge is 0.257 e. The molecule has 1 aromatic heterocycles. The standard InChI is InChI=1S/C19H20ClN3O2/c1-19(2)14-6-3-11(9-16(14)23(18(19)25)12-4-5-12)22-17(24)13-7-8-21-10-15(13)20/h3,7-10,12,14H,4-6H2,1-2H3,(H,22,24). The zero-order valence-electron chi connectivity index (χ0n) is 14.3. The number of likely N-dealkylation sites (tertiary alicyclic amines) is 1. The van der Waals surface area contributed by atoms with Gasteiger partial charge in [-0.3, -0.25) is 14.6 Å². The Kier molecular flexibility index (Phi) is 3.72. The van der Waals surface area contributed by atoms with E-state index in [-0.39, 0.29) is 17.7 Å². The number of hydrogen-bond donors (Lipinski definition) is 1. The lowest BCUT2D eigenvalue weighted by atomic mass is 9.76. The van der Waals surface area contributed by atoms with Crippen LogP contribution < -0.4 is 5.32 Å². The van der Waals surface area contributed by atoms with Gasteiger partial charge in [-0.05, 0) is 31.4 Å². The van der Waals surface area contributed by atoms with Crippen molar-refractivity contribution < 1.29 is 9.59 Å². The summed E-state index contributed by atoms with van der Waals surface area (Å²) in [6.45, 7) is 4.04. The Morgan fingerprint density at radius 1 is 1.40 bits per heavy atom. The predicted molar refractivity (Wildman–Crippen MR) is 94.6 cm³/mol. The molecule has 2 heterocycles. The van der Waals surface area contributed by atoms with Crippen molar-refractivity contribution in [3.63, 3.8) is 0 Å². The van der Waals surface area contributed by atoms with Gasteiger partial charge in [-0.25, -0.2) is 0 Å². The topological polar surface area (TPSA) is 62.3 Å². The summed E-state index contributed by atoms with van der Waals surface area (Å²) in [5.41, 5.74) is 1.76. The van der Waals surface area contributed by atoms with E-state index < -0.39 is 5.41 Å². The Labute approximate surface area is 151 Å². The van der Waals surface area contributed by atoms with E-state index in [4.69, 9.17) is 11.6 Å². The van der Waals surface area contributed by atoms with Crippen LogP contribution in [0.4, 0.5) is 0 Å². The number of carbonyl (C=O) groups is 2. The molecule has 0 aromatic carbocycles. The fraction of sp³-hybridized carbons (Fsp3) is 0.421. The Morgan fingerprint density at radius 2 is 2.16 bits per heavy atom. The van der Waals surface area contributed by atoms with Gasteiger partial charge in [-0.15, -0.1) is 0 Å². The van der Waals surface area contributed by atoms with E-state index in [0.717, 1.165) is 30.7 Å². The third-order valence-electron chi connectivity index (χ3n) is 5.34. The molecular weight excluding hydrogens is 338 g/mol. The largest absolute Gasteiger partial charge is 0.322 e. The van der Waals surface area contributed by atoms with Crippen molar-refractivity contribution in [3.8, 4) is 0 Å². The number of aromatic nitrogens is 1. The lowest BCUT2D eigenvalue weighted by Crippen LogP contribution is -2.32. The summed E-state index contributed by atoms with van der Waals surface area (Å²) >= 11 is 6.04. The van der Waals surface area contributed by atoms with Crippen LogP contribution in [0.1, 0.15) is 43.5 Å². The van der Waals surface area contributed by atoms with Crippen LogP contribution in [0.5, 0.6) is 0 Å². The van der Waals surface area contributed by atoms with Crippen LogP contribution >= 0.6 is 11.6 Å². The van der Waals surface area contributed by atoms with Gasteiger partial charge in [0, 0.05) is 35.7 Å². The number of nitrogens with zero attached hydrogens (tertiary/aromatic N) is 2. The molecule has 3 aliphatic rings. The molecule has 2 fully saturated rings. The van der Waals surface area contributed by atoms with E-state index in [2.05, 4.69) is 10.3 Å². The summed E-state index contributed by atoms with van der Waals surface area (Å²) < 4.78 is 0. The molecule has 1 aliphatic heterocycles. The number of fused-ring (bicyclic) bond motifs is 1. The molecule has 0 spiro atoms. The van der Waals surface area contributed by atoms with Crippen molar-refractivity contribution in [1.29, 1.82) is 0 Å². The molecule has 0 radical (unpaired) electrons. The molecule has 5 nitrogen and oxygen atoms in total. The SMILES string of the molecule is CC1(C)C(=O)N(C2CC2)C2=CC(NC(=O)c3ccncc3Cl)=CCC21. The van der Waals surface area contributed by atoms with Gasteiger partial charge in [0.1, 0.15) is 0 Å². The van der Waals surface area contributed by atoms with Gasteiger partial charge in [-0.2, -0.15) is 0 Å². The Morgan fingerprint density at radius 3 is 2.84 bits per heavy atom. The average Bonchev–Trinajstić information content (AvgIpc) is 3.37. The minimum atomic E-state index is -0.394. The highest BCUT2D eigenvalue weighted by Crippen LogP contribution is 2.51. The van der Waals surface area contributed by atoms with E-state index in [1.807, 2.05) is 30.9 Å². The molecule has 6 heteroatoms. The van der Waals surface area contributed by atoms with E-state index in [1.165, 1.54) is 12.4 Å². The Balaban J connectivity index is 1.60. The fourth-order valence-electron chi connectivity index (χ4n) is 3.72. The molecule has 1 N–H and O–H groups in total. The van der Waals surface area contributed by atoms with Crippen molar-refractivity contribution >= 4 is 23.4 Å². The molecule has 1 aromatic rings. The van der Waals surface area contributed by atoms with E-state index >= 15 is 0 Å². The quantitative estimate of drug-likeness (QED) is 0.902. The van der Waals surface area contributed by atoms with Crippen LogP contribution in [0.15, 0.2) is 42.0 Å². The second kappa shape index (κ2) is 5.70. The Hall–Kier alpha value is -2.14. The summed E-state index contributed by atoms with van der Waals surface area (Å²) in [6.07, 6.45) is 9.80. The molecule has 1 saturated carbocycles. The van der Waals surface area contributed by atoms with Crippen molar-refractivity contribution in [2.45, 2.75) is 39.2 Å². The van der Waals surface area contributed by atoms with Crippen LogP contribution in [0, 0.1) is 11.3 Å². The van der Waals surface area contributed by atoms with Gasteiger partial charge < -0.3 is 10.2 Å². The molecule has 1 unspecified atom stereocenters. The van der Waals surface area contributed by atoms with E-state index in [1.54, 1.807) is 6.07 Å². The first-order valence-electron chi connectivity index (χ1n) is 8.56. The maximum Gasteiger partial charge on any atom is 0.257 e. The number of halogens is 1. The first-order chi connectivity index (χ1) is 11.9. The third kappa shape index (κ3) is 2.67. The molecule has 130 valence electrons. The predicted octanol–water partition coefficient (Wildman–Crippen LogP) is 3.28. The Bertz CT molecular complexity index is 824. The van der Waals surface area contributed by atoms with Crippen molar-refractivity contribution in [2.75, 3.05) is 0 Å². The molecular formula is C19H20ClN3O2. The van der Waals surface area contributed by atoms with E-state index in [9.17, 15) is 9.59 Å². The maximum absolute atomic E-state index is 12.8. The average molecular weight is 358 g/mol. The zero-order valence-corrected chi connectivity index (χ0v) is 15.0. The third-order valence-corrected chi connectivity index (χ3v) is 5.64. The number of rotatable bonds is 3. The fourth-order valence-corrected chi connectivity index (χ4v) is 3.92. The maximum atomic E-state index is 12.8. The minimum absolute atomic E-state index is 0.172. The summed E-state index contributed by atoms with van der Waals surface area (Å²) in [7, 11) is 0. The highest BCUT2D eigenvalue weighted by Gasteiger charge is 2.54. The van der Waals surface area contributed by atoms with Crippen molar-refractivity contribution in [2.24, 2.45) is 11.3 Å².